The molecule has 1 saturated heterocycles. The second-order valence-electron chi connectivity index (χ2n) is 6.42. The minimum Gasteiger partial charge on any atom is -0.353 e. The van der Waals surface area contributed by atoms with E-state index in [1.165, 1.54) is 12.8 Å². The van der Waals surface area contributed by atoms with Gasteiger partial charge in [-0.1, -0.05) is 0 Å². The summed E-state index contributed by atoms with van der Waals surface area (Å²) in [5.74, 6) is 0.795. The maximum atomic E-state index is 11.9. The average Bonchev–Trinajstić information content (AvgIpc) is 3.31. The zero-order valence-electron chi connectivity index (χ0n) is 12.1. The number of amides is 2. The Hall–Kier alpha value is -1.10. The highest BCUT2D eigenvalue weighted by Gasteiger charge is 2.35. The number of nitrogens with one attached hydrogen (secondary N) is 2. The van der Waals surface area contributed by atoms with E-state index in [0.29, 0.717) is 24.3 Å². The SMILES string of the molecule is O=C(CCNC1CC1)NC1CCN(C(=O)C2CC2)CC1. The number of hydrogen-bond acceptors (Lipinski definition) is 3. The number of hydrogen-bond donors (Lipinski definition) is 2. The third-order valence-electron chi connectivity index (χ3n) is 4.46. The fraction of sp³-hybridized carbons (Fsp3) is 0.867. The summed E-state index contributed by atoms with van der Waals surface area (Å²) in [5, 5.41) is 6.45. The van der Waals surface area contributed by atoms with Gasteiger partial charge in [-0.15, -0.1) is 0 Å². The Morgan fingerprint density at radius 3 is 2.25 bits per heavy atom. The first kappa shape index (κ1) is 13.9. The van der Waals surface area contributed by atoms with Gasteiger partial charge in [-0.05, 0) is 38.5 Å². The molecule has 112 valence electrons. The molecule has 2 aliphatic carbocycles. The molecule has 2 amide bonds. The van der Waals surface area contributed by atoms with Crippen LogP contribution in [0.1, 0.15) is 44.9 Å². The Morgan fingerprint density at radius 2 is 1.65 bits per heavy atom. The van der Waals surface area contributed by atoms with E-state index in [0.717, 1.165) is 45.3 Å². The molecule has 0 radical (unpaired) electrons. The molecule has 0 aromatic heterocycles. The normalized spacial score (nSPS) is 23.7. The predicted octanol–water partition coefficient (Wildman–Crippen LogP) is 0.646. The van der Waals surface area contributed by atoms with Gasteiger partial charge in [0.25, 0.3) is 0 Å². The van der Waals surface area contributed by atoms with Crippen molar-refractivity contribution in [2.75, 3.05) is 19.6 Å². The van der Waals surface area contributed by atoms with Gasteiger partial charge in [-0.3, -0.25) is 9.59 Å². The summed E-state index contributed by atoms with van der Waals surface area (Å²) in [6.45, 7) is 2.40. The topological polar surface area (TPSA) is 61.4 Å². The van der Waals surface area contributed by atoms with Crippen molar-refractivity contribution in [2.24, 2.45) is 5.92 Å². The van der Waals surface area contributed by atoms with Crippen LogP contribution in [0.2, 0.25) is 0 Å². The van der Waals surface area contributed by atoms with Gasteiger partial charge in [-0.2, -0.15) is 0 Å². The van der Waals surface area contributed by atoms with Crippen LogP contribution < -0.4 is 10.6 Å². The van der Waals surface area contributed by atoms with E-state index < -0.39 is 0 Å². The molecule has 0 spiro atoms. The Balaban J connectivity index is 1.30. The van der Waals surface area contributed by atoms with Crippen LogP contribution in [0.15, 0.2) is 0 Å². The molecule has 3 rings (SSSR count). The monoisotopic (exact) mass is 279 g/mol. The predicted molar refractivity (Wildman–Crippen MR) is 76.1 cm³/mol. The highest BCUT2D eigenvalue weighted by molar-refractivity contribution is 5.81. The summed E-state index contributed by atoms with van der Waals surface area (Å²) in [5.41, 5.74) is 0. The lowest BCUT2D eigenvalue weighted by Crippen LogP contribution is -2.47. The van der Waals surface area contributed by atoms with Crippen LogP contribution in [-0.4, -0.2) is 48.4 Å². The van der Waals surface area contributed by atoms with Crippen LogP contribution in [0.5, 0.6) is 0 Å². The summed E-state index contributed by atoms with van der Waals surface area (Å²) in [6.07, 6.45) is 7.04. The van der Waals surface area contributed by atoms with Crippen molar-refractivity contribution in [3.05, 3.63) is 0 Å². The van der Waals surface area contributed by atoms with E-state index in [-0.39, 0.29) is 11.9 Å². The number of carbonyl (C=O) groups is 2. The summed E-state index contributed by atoms with van der Waals surface area (Å²) < 4.78 is 0. The van der Waals surface area contributed by atoms with Crippen molar-refractivity contribution in [1.29, 1.82) is 0 Å². The van der Waals surface area contributed by atoms with Crippen molar-refractivity contribution in [3.8, 4) is 0 Å². The molecule has 2 N–H and O–H groups in total. The molecule has 0 bridgehead atoms. The third kappa shape index (κ3) is 3.95. The molecule has 0 aromatic rings. The number of carbonyl (C=O) groups excluding carboxylic acids is 2. The number of nitrogens with zero attached hydrogens (tertiary/aromatic N) is 1. The van der Waals surface area contributed by atoms with E-state index in [4.69, 9.17) is 0 Å². The molecule has 3 aliphatic rings. The maximum absolute atomic E-state index is 11.9. The van der Waals surface area contributed by atoms with Gasteiger partial charge in [0, 0.05) is 44.1 Å². The zero-order chi connectivity index (χ0) is 13.9. The molecule has 5 heteroatoms. The van der Waals surface area contributed by atoms with Gasteiger partial charge >= 0.3 is 0 Å². The van der Waals surface area contributed by atoms with Gasteiger partial charge in [0.2, 0.25) is 11.8 Å². The largest absolute Gasteiger partial charge is 0.353 e. The fourth-order valence-corrected chi connectivity index (χ4v) is 2.81. The van der Waals surface area contributed by atoms with Gasteiger partial charge in [0.15, 0.2) is 0 Å². The van der Waals surface area contributed by atoms with Crippen LogP contribution in [0.4, 0.5) is 0 Å². The number of likely N-dealkylation sites (tertiary alicyclic amines) is 1. The van der Waals surface area contributed by atoms with Crippen LogP contribution in [0.25, 0.3) is 0 Å². The van der Waals surface area contributed by atoms with Gasteiger partial charge in [-0.25, -0.2) is 0 Å². The second-order valence-corrected chi connectivity index (χ2v) is 6.42. The van der Waals surface area contributed by atoms with Gasteiger partial charge < -0.3 is 15.5 Å². The summed E-state index contributed by atoms with van der Waals surface area (Å²) in [6, 6.07) is 0.922. The molecular weight excluding hydrogens is 254 g/mol. The lowest BCUT2D eigenvalue weighted by atomic mass is 10.0. The van der Waals surface area contributed by atoms with Crippen LogP contribution in [0.3, 0.4) is 0 Å². The highest BCUT2D eigenvalue weighted by Crippen LogP contribution is 2.31. The number of rotatable bonds is 6. The Morgan fingerprint density at radius 1 is 0.950 bits per heavy atom. The van der Waals surface area contributed by atoms with Crippen molar-refractivity contribution in [1.82, 2.24) is 15.5 Å². The van der Waals surface area contributed by atoms with Crippen LogP contribution in [0, 0.1) is 5.92 Å². The van der Waals surface area contributed by atoms with Crippen LogP contribution >= 0.6 is 0 Å². The lowest BCUT2D eigenvalue weighted by molar-refractivity contribution is -0.133. The van der Waals surface area contributed by atoms with Gasteiger partial charge in [0.1, 0.15) is 0 Å². The smallest absolute Gasteiger partial charge is 0.225 e. The molecule has 0 aromatic carbocycles. The van der Waals surface area contributed by atoms with E-state index in [1.54, 1.807) is 0 Å². The first-order valence-electron chi connectivity index (χ1n) is 8.04. The summed E-state index contributed by atoms with van der Waals surface area (Å²) in [4.78, 5) is 25.7. The first-order chi connectivity index (χ1) is 9.72. The Kier molecular flexibility index (Phi) is 4.24. The minimum absolute atomic E-state index is 0.144. The average molecular weight is 279 g/mol. The molecule has 0 atom stereocenters. The molecule has 5 nitrogen and oxygen atoms in total. The van der Waals surface area contributed by atoms with Crippen molar-refractivity contribution in [3.63, 3.8) is 0 Å². The Labute approximate surface area is 120 Å². The van der Waals surface area contributed by atoms with E-state index in [2.05, 4.69) is 10.6 Å². The maximum Gasteiger partial charge on any atom is 0.225 e. The number of piperidine rings is 1. The highest BCUT2D eigenvalue weighted by atomic mass is 16.2. The quantitative estimate of drug-likeness (QED) is 0.750. The van der Waals surface area contributed by atoms with E-state index in [1.807, 2.05) is 4.90 Å². The molecule has 2 saturated carbocycles. The third-order valence-corrected chi connectivity index (χ3v) is 4.46. The molecule has 1 aliphatic heterocycles. The Bertz CT molecular complexity index is 369. The molecule has 1 heterocycles. The van der Waals surface area contributed by atoms with E-state index >= 15 is 0 Å². The van der Waals surface area contributed by atoms with Crippen LogP contribution in [-0.2, 0) is 9.59 Å². The lowest BCUT2D eigenvalue weighted by Gasteiger charge is -2.32. The fourth-order valence-electron chi connectivity index (χ4n) is 2.81. The minimum atomic E-state index is 0.144. The van der Waals surface area contributed by atoms with Crippen molar-refractivity contribution in [2.45, 2.75) is 57.0 Å². The summed E-state index contributed by atoms with van der Waals surface area (Å²) >= 11 is 0. The molecular formula is C15H25N3O2. The van der Waals surface area contributed by atoms with Crippen molar-refractivity contribution >= 4 is 11.8 Å². The molecule has 3 fully saturated rings. The molecule has 0 unspecified atom stereocenters. The first-order valence-corrected chi connectivity index (χ1v) is 8.04. The van der Waals surface area contributed by atoms with E-state index in [9.17, 15) is 9.59 Å². The summed E-state index contributed by atoms with van der Waals surface area (Å²) in [7, 11) is 0. The van der Waals surface area contributed by atoms with Gasteiger partial charge in [0.05, 0.1) is 0 Å². The van der Waals surface area contributed by atoms with Crippen molar-refractivity contribution < 1.29 is 9.59 Å². The standard InChI is InChI=1S/C15H25N3O2/c19-14(5-8-16-12-3-4-12)17-13-6-9-18(10-7-13)15(20)11-1-2-11/h11-13,16H,1-10H2,(H,17,19). The molecule has 20 heavy (non-hydrogen) atoms. The second kappa shape index (κ2) is 6.12. The zero-order valence-corrected chi connectivity index (χ0v) is 12.1.